The van der Waals surface area contributed by atoms with Crippen LogP contribution in [0.1, 0.15) is 71.1 Å². The van der Waals surface area contributed by atoms with Gasteiger partial charge in [-0.2, -0.15) is 0 Å². The maximum Gasteiger partial charge on any atom is 0.0920 e. The quantitative estimate of drug-likeness (QED) is 0.617. The Labute approximate surface area is 135 Å². The summed E-state index contributed by atoms with van der Waals surface area (Å²) < 4.78 is 0. The van der Waals surface area contributed by atoms with Gasteiger partial charge in [-0.05, 0) is 91.9 Å². The van der Waals surface area contributed by atoms with Crippen LogP contribution in [0.4, 0.5) is 0 Å². The van der Waals surface area contributed by atoms with Crippen molar-refractivity contribution in [2.45, 2.75) is 71.1 Å². The Kier molecular flexibility index (Phi) is 3.66. The molecule has 0 radical (unpaired) electrons. The summed E-state index contributed by atoms with van der Waals surface area (Å²) in [6, 6.07) is 0. The van der Waals surface area contributed by atoms with Crippen LogP contribution in [0.25, 0.3) is 0 Å². The van der Waals surface area contributed by atoms with Gasteiger partial charge in [0.05, 0.1) is 5.76 Å². The van der Waals surface area contributed by atoms with E-state index >= 15 is 0 Å². The fraction of sp³-hybridized carbons (Fsp3) is 0.810. The van der Waals surface area contributed by atoms with Crippen molar-refractivity contribution >= 4 is 0 Å². The van der Waals surface area contributed by atoms with Gasteiger partial charge in [0.2, 0.25) is 0 Å². The molecule has 122 valence electrons. The van der Waals surface area contributed by atoms with Gasteiger partial charge in [0.15, 0.2) is 0 Å². The first-order valence-electron chi connectivity index (χ1n) is 9.63. The Morgan fingerprint density at radius 3 is 2.77 bits per heavy atom. The first-order chi connectivity index (χ1) is 10.6. The van der Waals surface area contributed by atoms with E-state index in [4.69, 9.17) is 0 Å². The van der Waals surface area contributed by atoms with Crippen molar-refractivity contribution in [3.05, 3.63) is 24.0 Å². The van der Waals surface area contributed by atoms with Crippen LogP contribution in [0.5, 0.6) is 0 Å². The first-order valence-corrected chi connectivity index (χ1v) is 9.63. The average Bonchev–Trinajstić information content (AvgIpc) is 2.90. The van der Waals surface area contributed by atoms with Gasteiger partial charge >= 0.3 is 0 Å². The normalized spacial score (nSPS) is 47.6. The van der Waals surface area contributed by atoms with Crippen LogP contribution < -0.4 is 0 Å². The summed E-state index contributed by atoms with van der Waals surface area (Å²) in [6.45, 7) is 6.47. The summed E-state index contributed by atoms with van der Waals surface area (Å²) in [4.78, 5) is 0. The van der Waals surface area contributed by atoms with Gasteiger partial charge in [-0.3, -0.25) is 0 Å². The van der Waals surface area contributed by atoms with Crippen LogP contribution in [0.2, 0.25) is 0 Å². The molecule has 6 atom stereocenters. The molecule has 0 aliphatic heterocycles. The molecule has 0 saturated heterocycles. The SMILES string of the molecule is C=CCC1=C(O)CC2CC[C@@H]3[C@@H](CC[C@]4(C)CCC[C@H]34)[C@@H]2C1. The Hall–Kier alpha value is -0.720. The molecule has 1 nitrogen and oxygen atoms in total. The summed E-state index contributed by atoms with van der Waals surface area (Å²) in [5, 5.41) is 10.4. The minimum Gasteiger partial charge on any atom is -0.512 e. The summed E-state index contributed by atoms with van der Waals surface area (Å²) >= 11 is 0. The largest absolute Gasteiger partial charge is 0.512 e. The van der Waals surface area contributed by atoms with Gasteiger partial charge in [0.1, 0.15) is 0 Å². The van der Waals surface area contributed by atoms with E-state index in [1.54, 1.807) is 0 Å². The number of hydrogen-bond acceptors (Lipinski definition) is 1. The maximum atomic E-state index is 10.4. The first kappa shape index (κ1) is 14.8. The van der Waals surface area contributed by atoms with Gasteiger partial charge in [0.25, 0.3) is 0 Å². The summed E-state index contributed by atoms with van der Waals surface area (Å²) in [5.41, 5.74) is 1.97. The molecule has 1 unspecified atom stereocenters. The average molecular weight is 300 g/mol. The van der Waals surface area contributed by atoms with E-state index in [0.717, 1.165) is 48.9 Å². The lowest BCUT2D eigenvalue weighted by Gasteiger charge is -2.54. The smallest absolute Gasteiger partial charge is 0.0920 e. The molecule has 0 bridgehead atoms. The van der Waals surface area contributed by atoms with Crippen LogP contribution in [-0.4, -0.2) is 5.11 Å². The molecule has 3 saturated carbocycles. The molecule has 22 heavy (non-hydrogen) atoms. The Morgan fingerprint density at radius 1 is 1.09 bits per heavy atom. The Balaban J connectivity index is 1.58. The Morgan fingerprint density at radius 2 is 1.95 bits per heavy atom. The predicted octanol–water partition coefficient (Wildman–Crippen LogP) is 6.03. The van der Waals surface area contributed by atoms with Gasteiger partial charge in [-0.1, -0.05) is 19.4 Å². The van der Waals surface area contributed by atoms with Crippen LogP contribution in [0, 0.1) is 35.0 Å². The van der Waals surface area contributed by atoms with E-state index in [9.17, 15) is 5.11 Å². The number of aliphatic hydroxyl groups is 1. The minimum atomic E-state index is 0.671. The van der Waals surface area contributed by atoms with Crippen molar-refractivity contribution in [3.8, 4) is 0 Å². The standard InChI is InChI=1S/C21H32O/c1-3-5-15-12-18-14(13-20(15)22)7-8-17-16(18)9-11-21(2)10-4-6-19(17)21/h3,14,16-19,22H,1,4-13H2,2H3/t14?,16-,17-,18-,19-,21+/m1/s1. The summed E-state index contributed by atoms with van der Waals surface area (Å²) in [5.74, 6) is 5.28. The van der Waals surface area contributed by atoms with Crippen molar-refractivity contribution in [1.29, 1.82) is 0 Å². The minimum absolute atomic E-state index is 0.671. The van der Waals surface area contributed by atoms with Crippen LogP contribution in [0.3, 0.4) is 0 Å². The highest BCUT2D eigenvalue weighted by molar-refractivity contribution is 5.18. The van der Waals surface area contributed by atoms with E-state index in [1.165, 1.54) is 50.5 Å². The third-order valence-corrected chi connectivity index (χ3v) is 8.04. The molecule has 1 N–H and O–H groups in total. The van der Waals surface area contributed by atoms with Crippen LogP contribution in [0.15, 0.2) is 24.0 Å². The monoisotopic (exact) mass is 300 g/mol. The van der Waals surface area contributed by atoms with E-state index in [-0.39, 0.29) is 0 Å². The van der Waals surface area contributed by atoms with E-state index in [0.29, 0.717) is 11.2 Å². The molecule has 3 fully saturated rings. The molecule has 0 aromatic heterocycles. The lowest BCUT2D eigenvalue weighted by Crippen LogP contribution is -2.46. The molecule has 4 rings (SSSR count). The summed E-state index contributed by atoms with van der Waals surface area (Å²) in [6.07, 6.45) is 15.2. The fourth-order valence-corrected chi connectivity index (χ4v) is 6.97. The fourth-order valence-electron chi connectivity index (χ4n) is 6.97. The Bertz CT molecular complexity index is 490. The maximum absolute atomic E-state index is 10.4. The van der Waals surface area contributed by atoms with Crippen molar-refractivity contribution in [2.24, 2.45) is 35.0 Å². The van der Waals surface area contributed by atoms with E-state index < -0.39 is 0 Å². The zero-order valence-electron chi connectivity index (χ0n) is 14.2. The van der Waals surface area contributed by atoms with Crippen LogP contribution in [-0.2, 0) is 0 Å². The lowest BCUT2D eigenvalue weighted by atomic mass is 9.51. The number of rotatable bonds is 2. The molecular formula is C21H32O. The second-order valence-electron chi connectivity index (χ2n) is 8.97. The topological polar surface area (TPSA) is 20.2 Å². The molecule has 0 heterocycles. The number of aliphatic hydroxyl groups excluding tert-OH is 1. The predicted molar refractivity (Wildman–Crippen MR) is 91.6 cm³/mol. The molecule has 4 aliphatic rings. The molecule has 0 aromatic rings. The number of fused-ring (bicyclic) bond motifs is 5. The second-order valence-corrected chi connectivity index (χ2v) is 8.97. The number of hydrogen-bond donors (Lipinski definition) is 1. The second kappa shape index (κ2) is 5.42. The summed E-state index contributed by atoms with van der Waals surface area (Å²) in [7, 11) is 0. The lowest BCUT2D eigenvalue weighted by molar-refractivity contribution is -0.0423. The van der Waals surface area contributed by atoms with E-state index in [2.05, 4.69) is 13.5 Å². The molecule has 0 amide bonds. The van der Waals surface area contributed by atoms with Crippen molar-refractivity contribution in [1.82, 2.24) is 0 Å². The zero-order valence-corrected chi connectivity index (χ0v) is 14.2. The van der Waals surface area contributed by atoms with Gasteiger partial charge < -0.3 is 5.11 Å². The van der Waals surface area contributed by atoms with Crippen molar-refractivity contribution in [3.63, 3.8) is 0 Å². The molecule has 0 spiro atoms. The number of allylic oxidation sites excluding steroid dienone is 3. The highest BCUT2D eigenvalue weighted by Crippen LogP contribution is 2.62. The van der Waals surface area contributed by atoms with Gasteiger partial charge in [-0.15, -0.1) is 6.58 Å². The van der Waals surface area contributed by atoms with Crippen molar-refractivity contribution < 1.29 is 5.11 Å². The molecular weight excluding hydrogens is 268 g/mol. The highest BCUT2D eigenvalue weighted by Gasteiger charge is 2.53. The van der Waals surface area contributed by atoms with Crippen LogP contribution >= 0.6 is 0 Å². The third-order valence-electron chi connectivity index (χ3n) is 8.04. The van der Waals surface area contributed by atoms with Crippen molar-refractivity contribution in [2.75, 3.05) is 0 Å². The molecule has 4 aliphatic carbocycles. The third kappa shape index (κ3) is 2.19. The van der Waals surface area contributed by atoms with Gasteiger partial charge in [0, 0.05) is 6.42 Å². The molecule has 0 aromatic carbocycles. The molecule has 1 heteroatoms. The zero-order chi connectivity index (χ0) is 15.3. The van der Waals surface area contributed by atoms with Gasteiger partial charge in [-0.25, -0.2) is 0 Å². The van der Waals surface area contributed by atoms with E-state index in [1.807, 2.05) is 6.08 Å². The highest BCUT2D eigenvalue weighted by atomic mass is 16.3.